The summed E-state index contributed by atoms with van der Waals surface area (Å²) in [7, 11) is -3.92. The van der Waals surface area contributed by atoms with Crippen LogP contribution < -0.4 is 0 Å². The molecule has 0 unspecified atom stereocenters. The van der Waals surface area contributed by atoms with Crippen molar-refractivity contribution in [1.29, 1.82) is 0 Å². The van der Waals surface area contributed by atoms with Crippen LogP contribution in [-0.2, 0) is 19.5 Å². The molecule has 0 atom stereocenters. The summed E-state index contributed by atoms with van der Waals surface area (Å²) in [5.41, 5.74) is 0.0554. The van der Waals surface area contributed by atoms with Gasteiger partial charge in [-0.25, -0.2) is 13.2 Å². The Morgan fingerprint density at radius 2 is 1.67 bits per heavy atom. The Bertz CT molecular complexity index is 1080. The summed E-state index contributed by atoms with van der Waals surface area (Å²) < 4.78 is 37.1. The van der Waals surface area contributed by atoms with E-state index in [0.717, 1.165) is 6.07 Å². The Hall–Kier alpha value is -1.68. The number of Topliss-reactive ketones (excluding diaryl/α,β-unsaturated/α-hetero) is 1. The van der Waals surface area contributed by atoms with Crippen LogP contribution in [-0.4, -0.2) is 57.4 Å². The van der Waals surface area contributed by atoms with Crippen molar-refractivity contribution >= 4 is 56.6 Å². The van der Waals surface area contributed by atoms with Crippen LogP contribution in [0.2, 0.25) is 15.1 Å². The lowest BCUT2D eigenvalue weighted by Crippen LogP contribution is -2.40. The van der Waals surface area contributed by atoms with Gasteiger partial charge in [-0.1, -0.05) is 34.8 Å². The van der Waals surface area contributed by atoms with Crippen molar-refractivity contribution in [2.75, 3.05) is 32.9 Å². The normalized spacial score (nSPS) is 15.0. The van der Waals surface area contributed by atoms with Crippen LogP contribution >= 0.6 is 34.8 Å². The largest absolute Gasteiger partial charge is 0.454 e. The molecule has 2 aromatic carbocycles. The number of ketones is 1. The summed E-state index contributed by atoms with van der Waals surface area (Å²) >= 11 is 17.9. The number of carbonyl (C=O) groups excluding carboxylic acids is 2. The van der Waals surface area contributed by atoms with Crippen LogP contribution in [0.3, 0.4) is 0 Å². The Morgan fingerprint density at radius 3 is 2.37 bits per heavy atom. The minimum absolute atomic E-state index is 0.0279. The number of hydrogen-bond donors (Lipinski definition) is 0. The van der Waals surface area contributed by atoms with E-state index in [1.54, 1.807) is 0 Å². The number of benzene rings is 2. The van der Waals surface area contributed by atoms with E-state index in [0.29, 0.717) is 5.02 Å². The Balaban J connectivity index is 1.76. The first kappa shape index (κ1) is 23.0. The highest BCUT2D eigenvalue weighted by Gasteiger charge is 2.29. The maximum Gasteiger partial charge on any atom is 0.338 e. The highest BCUT2D eigenvalue weighted by atomic mass is 35.5. The predicted octanol–water partition coefficient (Wildman–Crippen LogP) is 3.71. The molecule has 0 N–H and O–H groups in total. The molecule has 7 nitrogen and oxygen atoms in total. The molecule has 0 saturated carbocycles. The van der Waals surface area contributed by atoms with E-state index < -0.39 is 28.4 Å². The van der Waals surface area contributed by atoms with Crippen molar-refractivity contribution in [3.63, 3.8) is 0 Å². The molecule has 0 aliphatic carbocycles. The molecule has 0 amide bonds. The third-order valence-corrected chi connectivity index (χ3v) is 7.26. The zero-order valence-corrected chi connectivity index (χ0v) is 18.5. The number of sulfonamides is 1. The van der Waals surface area contributed by atoms with Gasteiger partial charge in [-0.2, -0.15) is 4.31 Å². The number of ether oxygens (including phenoxy) is 2. The fourth-order valence-electron chi connectivity index (χ4n) is 2.76. The molecule has 30 heavy (non-hydrogen) atoms. The summed E-state index contributed by atoms with van der Waals surface area (Å²) in [6.45, 7) is 0.317. The molecule has 1 saturated heterocycles. The summed E-state index contributed by atoms with van der Waals surface area (Å²) in [6, 6.07) is 8.10. The van der Waals surface area contributed by atoms with Gasteiger partial charge in [0, 0.05) is 23.7 Å². The summed E-state index contributed by atoms with van der Waals surface area (Å²) in [6.07, 6.45) is 0. The fraction of sp³-hybridized carbons (Fsp3) is 0.263. The van der Waals surface area contributed by atoms with Crippen molar-refractivity contribution < 1.29 is 27.5 Å². The second-order valence-corrected chi connectivity index (χ2v) is 9.44. The monoisotopic (exact) mass is 491 g/mol. The van der Waals surface area contributed by atoms with E-state index in [2.05, 4.69) is 0 Å². The maximum atomic E-state index is 12.9. The van der Waals surface area contributed by atoms with Crippen molar-refractivity contribution in [1.82, 2.24) is 4.31 Å². The van der Waals surface area contributed by atoms with E-state index in [1.807, 2.05) is 0 Å². The van der Waals surface area contributed by atoms with E-state index >= 15 is 0 Å². The second kappa shape index (κ2) is 9.64. The summed E-state index contributed by atoms with van der Waals surface area (Å²) in [5.74, 6) is -1.43. The molecular formula is C19H16Cl3NO6S. The van der Waals surface area contributed by atoms with Crippen molar-refractivity contribution in [3.05, 3.63) is 62.6 Å². The Kier molecular flexibility index (Phi) is 7.38. The summed E-state index contributed by atoms with van der Waals surface area (Å²) in [4.78, 5) is 24.5. The molecule has 0 spiro atoms. The predicted molar refractivity (Wildman–Crippen MR) is 112 cm³/mol. The molecule has 2 aromatic rings. The van der Waals surface area contributed by atoms with Crippen LogP contribution in [0.4, 0.5) is 0 Å². The zero-order chi connectivity index (χ0) is 21.9. The minimum atomic E-state index is -3.92. The zero-order valence-electron chi connectivity index (χ0n) is 15.4. The van der Waals surface area contributed by atoms with Crippen molar-refractivity contribution in [2.24, 2.45) is 0 Å². The van der Waals surface area contributed by atoms with Gasteiger partial charge in [0.1, 0.15) is 4.90 Å². The van der Waals surface area contributed by atoms with Crippen LogP contribution in [0.1, 0.15) is 20.7 Å². The number of halogens is 3. The molecule has 1 aliphatic rings. The van der Waals surface area contributed by atoms with Crippen molar-refractivity contribution in [2.45, 2.75) is 4.90 Å². The molecule has 160 valence electrons. The van der Waals surface area contributed by atoms with Gasteiger partial charge in [0.25, 0.3) is 0 Å². The fourth-order valence-corrected chi connectivity index (χ4v) is 5.06. The number of hydrogen-bond acceptors (Lipinski definition) is 6. The molecule has 1 aliphatic heterocycles. The maximum absolute atomic E-state index is 12.9. The Labute approximate surface area is 188 Å². The van der Waals surface area contributed by atoms with Crippen LogP contribution in [0.5, 0.6) is 0 Å². The SMILES string of the molecule is O=C(OCC(=O)c1cc(Cl)ccc1Cl)c1ccc(Cl)c(S(=O)(=O)N2CCOCC2)c1. The van der Waals surface area contributed by atoms with Crippen LogP contribution in [0, 0.1) is 0 Å². The van der Waals surface area contributed by atoms with Gasteiger partial charge in [-0.3, -0.25) is 4.79 Å². The standard InChI is InChI=1S/C19H16Cl3NO6S/c20-13-2-4-15(21)14(10-13)17(24)11-29-19(25)12-1-3-16(22)18(9-12)30(26,27)23-5-7-28-8-6-23/h1-4,9-10H,5-8,11H2. The first-order chi connectivity index (χ1) is 14.2. The van der Waals surface area contributed by atoms with E-state index in [9.17, 15) is 18.0 Å². The topological polar surface area (TPSA) is 90.0 Å². The molecular weight excluding hydrogens is 477 g/mol. The van der Waals surface area contributed by atoms with Gasteiger partial charge in [-0.05, 0) is 36.4 Å². The highest BCUT2D eigenvalue weighted by Crippen LogP contribution is 2.27. The number of esters is 1. The third kappa shape index (κ3) is 5.14. The number of carbonyl (C=O) groups is 2. The van der Waals surface area contributed by atoms with Gasteiger partial charge in [0.05, 0.1) is 28.8 Å². The molecule has 1 fully saturated rings. The number of rotatable bonds is 6. The summed E-state index contributed by atoms with van der Waals surface area (Å²) in [5, 5.41) is 0.454. The second-order valence-electron chi connectivity index (χ2n) is 6.29. The molecule has 0 radical (unpaired) electrons. The van der Waals surface area contributed by atoms with Gasteiger partial charge < -0.3 is 9.47 Å². The Morgan fingerprint density at radius 1 is 1.00 bits per heavy atom. The molecule has 3 rings (SSSR count). The molecule has 0 bridgehead atoms. The van der Waals surface area contributed by atoms with E-state index in [4.69, 9.17) is 44.3 Å². The quantitative estimate of drug-likeness (QED) is 0.451. The molecule has 0 aromatic heterocycles. The van der Waals surface area contributed by atoms with E-state index in [1.165, 1.54) is 34.6 Å². The first-order valence-corrected chi connectivity index (χ1v) is 11.3. The third-order valence-electron chi connectivity index (χ3n) is 4.32. The number of nitrogens with zero attached hydrogens (tertiary/aromatic N) is 1. The van der Waals surface area contributed by atoms with Gasteiger partial charge in [0.2, 0.25) is 15.8 Å². The average Bonchev–Trinajstić information content (AvgIpc) is 2.74. The van der Waals surface area contributed by atoms with Crippen molar-refractivity contribution in [3.8, 4) is 0 Å². The van der Waals surface area contributed by atoms with Crippen LogP contribution in [0.25, 0.3) is 0 Å². The molecule has 11 heteroatoms. The van der Waals surface area contributed by atoms with Gasteiger partial charge in [-0.15, -0.1) is 0 Å². The first-order valence-electron chi connectivity index (χ1n) is 8.73. The van der Waals surface area contributed by atoms with Crippen LogP contribution in [0.15, 0.2) is 41.3 Å². The highest BCUT2D eigenvalue weighted by molar-refractivity contribution is 7.89. The van der Waals surface area contributed by atoms with Gasteiger partial charge >= 0.3 is 5.97 Å². The minimum Gasteiger partial charge on any atom is -0.454 e. The lowest BCUT2D eigenvalue weighted by Gasteiger charge is -2.26. The number of morpholine rings is 1. The molecule has 1 heterocycles. The lowest BCUT2D eigenvalue weighted by molar-refractivity contribution is 0.0474. The van der Waals surface area contributed by atoms with Gasteiger partial charge in [0.15, 0.2) is 6.61 Å². The lowest BCUT2D eigenvalue weighted by atomic mass is 10.1. The smallest absolute Gasteiger partial charge is 0.338 e. The average molecular weight is 493 g/mol. The van der Waals surface area contributed by atoms with E-state index in [-0.39, 0.29) is 52.4 Å².